The van der Waals surface area contributed by atoms with Crippen molar-refractivity contribution in [3.63, 3.8) is 0 Å². The third kappa shape index (κ3) is 4.32. The topological polar surface area (TPSA) is 75.9 Å². The third-order valence-electron chi connectivity index (χ3n) is 3.05. The molecule has 0 aliphatic rings. The highest BCUT2D eigenvalue weighted by Crippen LogP contribution is 2.18. The second-order valence-corrected chi connectivity index (χ2v) is 4.85. The molecular formula is C13H17FN6O. The van der Waals surface area contributed by atoms with Gasteiger partial charge in [-0.25, -0.2) is 9.07 Å². The zero-order valence-corrected chi connectivity index (χ0v) is 11.9. The maximum atomic E-state index is 13.3. The molecule has 0 saturated carbocycles. The maximum Gasteiger partial charge on any atom is 0.241 e. The van der Waals surface area contributed by atoms with E-state index in [0.29, 0.717) is 6.54 Å². The highest BCUT2D eigenvalue weighted by Gasteiger charge is 2.16. The van der Waals surface area contributed by atoms with Crippen molar-refractivity contribution in [1.29, 1.82) is 0 Å². The zero-order chi connectivity index (χ0) is 15.2. The number of hydrogen-bond donors (Lipinski definition) is 1. The highest BCUT2D eigenvalue weighted by molar-refractivity contribution is 5.75. The normalized spacial score (nSPS) is 12.4. The van der Waals surface area contributed by atoms with Crippen molar-refractivity contribution in [1.82, 2.24) is 30.4 Å². The van der Waals surface area contributed by atoms with Crippen LogP contribution in [0.25, 0.3) is 0 Å². The number of amides is 1. The van der Waals surface area contributed by atoms with E-state index >= 15 is 0 Å². The summed E-state index contributed by atoms with van der Waals surface area (Å²) >= 11 is 0. The second-order valence-electron chi connectivity index (χ2n) is 4.85. The molecule has 0 fully saturated rings. The fourth-order valence-corrected chi connectivity index (χ4v) is 1.98. The number of rotatable bonds is 6. The molecule has 0 unspecified atom stereocenters. The molecule has 2 rings (SSSR count). The van der Waals surface area contributed by atoms with Crippen LogP contribution in [0.5, 0.6) is 0 Å². The number of benzene rings is 1. The standard InChI is InChI=1S/C13H17FN6O/c1-19(2)12(10-4-3-5-11(14)6-10)7-15-13(21)8-20-9-16-17-18-20/h3-6,9,12H,7-8H2,1-2H3,(H,15,21)/t12-/m1/s1. The van der Waals surface area contributed by atoms with Crippen LogP contribution in [-0.4, -0.2) is 51.7 Å². The average molecular weight is 292 g/mol. The second kappa shape index (κ2) is 6.89. The Morgan fingerprint density at radius 1 is 1.48 bits per heavy atom. The molecule has 1 N–H and O–H groups in total. The Hall–Kier alpha value is -2.35. The molecule has 1 aromatic heterocycles. The van der Waals surface area contributed by atoms with Crippen molar-refractivity contribution in [3.8, 4) is 0 Å². The van der Waals surface area contributed by atoms with Gasteiger partial charge in [0.2, 0.25) is 5.91 Å². The number of carbonyl (C=O) groups is 1. The fraction of sp³-hybridized carbons (Fsp3) is 0.385. The largest absolute Gasteiger partial charge is 0.353 e. The summed E-state index contributed by atoms with van der Waals surface area (Å²) in [6.45, 7) is 0.424. The summed E-state index contributed by atoms with van der Waals surface area (Å²) in [7, 11) is 3.76. The van der Waals surface area contributed by atoms with Gasteiger partial charge in [0.25, 0.3) is 0 Å². The Balaban J connectivity index is 1.96. The van der Waals surface area contributed by atoms with Crippen molar-refractivity contribution in [3.05, 3.63) is 42.0 Å². The molecule has 1 aromatic carbocycles. The van der Waals surface area contributed by atoms with Gasteiger partial charge in [-0.2, -0.15) is 0 Å². The van der Waals surface area contributed by atoms with Crippen molar-refractivity contribution in [2.24, 2.45) is 0 Å². The van der Waals surface area contributed by atoms with E-state index in [9.17, 15) is 9.18 Å². The van der Waals surface area contributed by atoms with E-state index in [-0.39, 0.29) is 24.3 Å². The average Bonchev–Trinajstić information content (AvgIpc) is 2.91. The number of likely N-dealkylation sites (N-methyl/N-ethyl adjacent to an activating group) is 1. The summed E-state index contributed by atoms with van der Waals surface area (Å²) in [4.78, 5) is 13.7. The molecule has 1 atom stereocenters. The maximum absolute atomic E-state index is 13.3. The summed E-state index contributed by atoms with van der Waals surface area (Å²) in [5.41, 5.74) is 0.808. The Kier molecular flexibility index (Phi) is 4.94. The molecular weight excluding hydrogens is 275 g/mol. The number of nitrogens with zero attached hydrogens (tertiary/aromatic N) is 5. The Bertz CT molecular complexity index is 586. The monoisotopic (exact) mass is 292 g/mol. The number of nitrogens with one attached hydrogen (secondary N) is 1. The summed E-state index contributed by atoms with van der Waals surface area (Å²) in [6, 6.07) is 6.24. The van der Waals surface area contributed by atoms with Crippen LogP contribution in [-0.2, 0) is 11.3 Å². The number of aromatic nitrogens is 4. The van der Waals surface area contributed by atoms with Gasteiger partial charge in [0.05, 0.1) is 6.04 Å². The molecule has 21 heavy (non-hydrogen) atoms. The van der Waals surface area contributed by atoms with E-state index in [0.717, 1.165) is 5.56 Å². The van der Waals surface area contributed by atoms with Crippen molar-refractivity contribution >= 4 is 5.91 Å². The minimum absolute atomic E-state index is 0.0519. The lowest BCUT2D eigenvalue weighted by molar-refractivity contribution is -0.122. The summed E-state index contributed by atoms with van der Waals surface area (Å²) in [5.74, 6) is -0.495. The first-order valence-electron chi connectivity index (χ1n) is 6.45. The molecule has 8 heteroatoms. The first-order valence-corrected chi connectivity index (χ1v) is 6.45. The van der Waals surface area contributed by atoms with Gasteiger partial charge in [0, 0.05) is 6.54 Å². The first-order chi connectivity index (χ1) is 10.1. The summed E-state index contributed by atoms with van der Waals surface area (Å²) < 4.78 is 14.6. The quantitative estimate of drug-likeness (QED) is 0.825. The number of carbonyl (C=O) groups excluding carboxylic acids is 1. The highest BCUT2D eigenvalue weighted by atomic mass is 19.1. The molecule has 0 bridgehead atoms. The predicted molar refractivity (Wildman–Crippen MR) is 73.7 cm³/mol. The summed E-state index contributed by atoms with van der Waals surface area (Å²) in [5, 5.41) is 13.3. The number of halogens is 1. The first kappa shape index (κ1) is 15.0. The molecule has 0 radical (unpaired) electrons. The Morgan fingerprint density at radius 2 is 2.29 bits per heavy atom. The minimum Gasteiger partial charge on any atom is -0.353 e. The van der Waals surface area contributed by atoms with Crippen LogP contribution in [0.1, 0.15) is 11.6 Å². The smallest absolute Gasteiger partial charge is 0.241 e. The van der Waals surface area contributed by atoms with Crippen LogP contribution in [0.3, 0.4) is 0 Å². The van der Waals surface area contributed by atoms with Crippen LogP contribution in [0, 0.1) is 5.82 Å². The number of tetrazole rings is 1. The van der Waals surface area contributed by atoms with Gasteiger partial charge < -0.3 is 10.2 Å². The molecule has 0 spiro atoms. The van der Waals surface area contributed by atoms with Gasteiger partial charge in [-0.1, -0.05) is 12.1 Å². The molecule has 112 valence electrons. The third-order valence-corrected chi connectivity index (χ3v) is 3.05. The molecule has 2 aromatic rings. The van der Waals surface area contributed by atoms with Crippen LogP contribution >= 0.6 is 0 Å². The summed E-state index contributed by atoms with van der Waals surface area (Å²) in [6.07, 6.45) is 1.37. The van der Waals surface area contributed by atoms with Crippen molar-refractivity contribution in [2.45, 2.75) is 12.6 Å². The molecule has 0 aliphatic carbocycles. The molecule has 7 nitrogen and oxygen atoms in total. The van der Waals surface area contributed by atoms with Crippen LogP contribution < -0.4 is 5.32 Å². The predicted octanol–water partition coefficient (Wildman–Crippen LogP) is 0.231. The van der Waals surface area contributed by atoms with E-state index in [4.69, 9.17) is 0 Å². The lowest BCUT2D eigenvalue weighted by Crippen LogP contribution is -2.36. The van der Waals surface area contributed by atoms with Gasteiger partial charge in [0.1, 0.15) is 18.7 Å². The molecule has 0 saturated heterocycles. The molecule has 1 heterocycles. The number of hydrogen-bond acceptors (Lipinski definition) is 5. The van der Waals surface area contributed by atoms with Gasteiger partial charge in [-0.15, -0.1) is 5.10 Å². The van der Waals surface area contributed by atoms with E-state index in [1.807, 2.05) is 25.1 Å². The lowest BCUT2D eigenvalue weighted by atomic mass is 10.1. The van der Waals surface area contributed by atoms with E-state index < -0.39 is 0 Å². The van der Waals surface area contributed by atoms with Gasteiger partial charge in [0.15, 0.2) is 0 Å². The Morgan fingerprint density at radius 3 is 2.90 bits per heavy atom. The molecule has 0 aliphatic heterocycles. The molecule has 1 amide bonds. The SMILES string of the molecule is CN(C)[C@H](CNC(=O)Cn1cnnn1)c1cccc(F)c1. The lowest BCUT2D eigenvalue weighted by Gasteiger charge is -2.25. The van der Waals surface area contributed by atoms with Gasteiger partial charge in [-0.3, -0.25) is 4.79 Å². The Labute approximate surface area is 121 Å². The minimum atomic E-state index is -0.292. The van der Waals surface area contributed by atoms with Crippen LogP contribution in [0.4, 0.5) is 4.39 Å². The van der Waals surface area contributed by atoms with Gasteiger partial charge >= 0.3 is 0 Å². The van der Waals surface area contributed by atoms with Crippen LogP contribution in [0.2, 0.25) is 0 Å². The fourth-order valence-electron chi connectivity index (χ4n) is 1.98. The van der Waals surface area contributed by atoms with E-state index in [1.54, 1.807) is 6.07 Å². The van der Waals surface area contributed by atoms with Crippen molar-refractivity contribution in [2.75, 3.05) is 20.6 Å². The van der Waals surface area contributed by atoms with Crippen molar-refractivity contribution < 1.29 is 9.18 Å². The van der Waals surface area contributed by atoms with E-state index in [2.05, 4.69) is 20.8 Å². The van der Waals surface area contributed by atoms with Crippen LogP contribution in [0.15, 0.2) is 30.6 Å². The van der Waals surface area contributed by atoms with Gasteiger partial charge in [-0.05, 0) is 42.2 Å². The zero-order valence-electron chi connectivity index (χ0n) is 11.9. The van der Waals surface area contributed by atoms with E-state index in [1.165, 1.54) is 23.1 Å².